The van der Waals surface area contributed by atoms with Gasteiger partial charge in [0.1, 0.15) is 0 Å². The van der Waals surface area contributed by atoms with Crippen LogP contribution in [0.5, 0.6) is 0 Å². The van der Waals surface area contributed by atoms with E-state index >= 15 is 0 Å². The summed E-state index contributed by atoms with van der Waals surface area (Å²) in [4.78, 5) is 0. The van der Waals surface area contributed by atoms with Gasteiger partial charge in [-0.1, -0.05) is 91.0 Å². The maximum atomic E-state index is 10.0. The lowest BCUT2D eigenvalue weighted by atomic mass is 9.76. The molecule has 1 unspecified atom stereocenters. The molecule has 0 aromatic heterocycles. The first kappa shape index (κ1) is 19.3. The lowest BCUT2D eigenvalue weighted by Crippen LogP contribution is -2.51. The van der Waals surface area contributed by atoms with E-state index in [2.05, 4.69) is 41.7 Å². The Kier molecular flexibility index (Phi) is 6.77. The van der Waals surface area contributed by atoms with Crippen molar-refractivity contribution in [3.63, 3.8) is 0 Å². The summed E-state index contributed by atoms with van der Waals surface area (Å²) in [5.74, 6) is 0. The highest BCUT2D eigenvalue weighted by molar-refractivity contribution is 5.49. The van der Waals surface area contributed by atoms with E-state index < -0.39 is 5.54 Å². The number of rotatable bonds is 9. The van der Waals surface area contributed by atoms with Crippen LogP contribution in [0, 0.1) is 0 Å². The number of aliphatic hydroxyl groups is 2. The molecule has 0 amide bonds. The summed E-state index contributed by atoms with van der Waals surface area (Å²) in [5.41, 5.74) is 2.76. The van der Waals surface area contributed by atoms with E-state index in [0.717, 1.165) is 16.7 Å². The van der Waals surface area contributed by atoms with Gasteiger partial charge in [-0.15, -0.1) is 0 Å². The van der Waals surface area contributed by atoms with E-state index in [1.54, 1.807) is 0 Å². The number of nitrogens with one attached hydrogen (secondary N) is 1. The number of hydrogen-bond acceptors (Lipinski definition) is 3. The Balaban J connectivity index is 2.19. The maximum absolute atomic E-state index is 10.0. The van der Waals surface area contributed by atoms with Gasteiger partial charge < -0.3 is 10.2 Å². The van der Waals surface area contributed by atoms with E-state index in [9.17, 15) is 10.2 Å². The van der Waals surface area contributed by atoms with Crippen molar-refractivity contribution in [1.29, 1.82) is 0 Å². The summed E-state index contributed by atoms with van der Waals surface area (Å²) in [5, 5.41) is 23.0. The molecular weight excluding hydrogens is 334 g/mol. The summed E-state index contributed by atoms with van der Waals surface area (Å²) < 4.78 is 0. The minimum Gasteiger partial charge on any atom is -0.396 e. The quantitative estimate of drug-likeness (QED) is 0.509. The minimum absolute atomic E-state index is 0.00819. The highest BCUT2D eigenvalue weighted by atomic mass is 16.3. The van der Waals surface area contributed by atoms with Crippen LogP contribution in [-0.2, 0) is 5.54 Å². The molecule has 0 fully saturated rings. The number of hydrogen-bond donors (Lipinski definition) is 3. The van der Waals surface area contributed by atoms with Crippen molar-refractivity contribution in [2.75, 3.05) is 13.2 Å². The van der Waals surface area contributed by atoms with Gasteiger partial charge in [0.25, 0.3) is 0 Å². The largest absolute Gasteiger partial charge is 0.396 e. The second-order valence-corrected chi connectivity index (χ2v) is 6.74. The fourth-order valence-electron chi connectivity index (χ4n) is 3.67. The lowest BCUT2D eigenvalue weighted by Gasteiger charge is -2.40. The molecular formula is C24H27NO2. The Hall–Kier alpha value is -2.46. The first-order valence-electron chi connectivity index (χ1n) is 9.47. The zero-order valence-corrected chi connectivity index (χ0v) is 15.5. The molecule has 27 heavy (non-hydrogen) atoms. The molecule has 140 valence electrons. The third-order valence-electron chi connectivity index (χ3n) is 4.97. The molecule has 0 saturated heterocycles. The number of aliphatic hydroxyl groups excluding tert-OH is 2. The van der Waals surface area contributed by atoms with E-state index in [1.807, 2.05) is 54.6 Å². The predicted molar refractivity (Wildman–Crippen MR) is 110 cm³/mol. The van der Waals surface area contributed by atoms with Gasteiger partial charge in [0.15, 0.2) is 0 Å². The van der Waals surface area contributed by atoms with Gasteiger partial charge in [0.2, 0.25) is 0 Å². The van der Waals surface area contributed by atoms with Crippen LogP contribution in [-0.4, -0.2) is 29.5 Å². The van der Waals surface area contributed by atoms with Crippen LogP contribution < -0.4 is 5.32 Å². The molecule has 0 aliphatic heterocycles. The standard InChI is InChI=1S/C24H27NO2/c26-18-10-17-23(19-27)25-24(20-11-4-1-5-12-20,21-13-6-2-7-14-21)22-15-8-3-9-16-22/h1-9,11-16,23,25-27H,10,17-19H2. The molecule has 3 heteroatoms. The molecule has 3 aromatic rings. The smallest absolute Gasteiger partial charge is 0.0950 e. The highest BCUT2D eigenvalue weighted by Crippen LogP contribution is 2.37. The Morgan fingerprint density at radius 1 is 0.667 bits per heavy atom. The summed E-state index contributed by atoms with van der Waals surface area (Å²) in [6.07, 6.45) is 1.34. The van der Waals surface area contributed by atoms with E-state index in [-0.39, 0.29) is 19.3 Å². The van der Waals surface area contributed by atoms with Crippen molar-refractivity contribution < 1.29 is 10.2 Å². The Morgan fingerprint density at radius 2 is 1.07 bits per heavy atom. The molecule has 0 heterocycles. The molecule has 3 nitrogen and oxygen atoms in total. The Morgan fingerprint density at radius 3 is 1.41 bits per heavy atom. The second kappa shape index (κ2) is 9.47. The second-order valence-electron chi connectivity index (χ2n) is 6.74. The lowest BCUT2D eigenvalue weighted by molar-refractivity contribution is 0.200. The Bertz CT molecular complexity index is 694. The van der Waals surface area contributed by atoms with Gasteiger partial charge in [-0.05, 0) is 29.5 Å². The highest BCUT2D eigenvalue weighted by Gasteiger charge is 2.37. The van der Waals surface area contributed by atoms with Crippen LogP contribution >= 0.6 is 0 Å². The minimum atomic E-state index is -0.591. The third-order valence-corrected chi connectivity index (χ3v) is 4.97. The van der Waals surface area contributed by atoms with Crippen molar-refractivity contribution in [3.8, 4) is 0 Å². The molecule has 3 N–H and O–H groups in total. The predicted octanol–water partition coefficient (Wildman–Crippen LogP) is 3.70. The molecule has 0 spiro atoms. The average Bonchev–Trinajstić information content (AvgIpc) is 2.76. The topological polar surface area (TPSA) is 52.5 Å². The normalized spacial score (nSPS) is 12.7. The van der Waals surface area contributed by atoms with Gasteiger partial charge in [-0.25, -0.2) is 0 Å². The zero-order valence-electron chi connectivity index (χ0n) is 15.5. The zero-order chi connectivity index (χ0) is 19.0. The molecule has 1 atom stereocenters. The van der Waals surface area contributed by atoms with Crippen LogP contribution in [0.15, 0.2) is 91.0 Å². The van der Waals surface area contributed by atoms with Gasteiger partial charge in [0.05, 0.1) is 12.1 Å². The van der Waals surface area contributed by atoms with Crippen molar-refractivity contribution in [2.24, 2.45) is 0 Å². The van der Waals surface area contributed by atoms with Crippen molar-refractivity contribution >= 4 is 0 Å². The van der Waals surface area contributed by atoms with Gasteiger partial charge in [-0.3, -0.25) is 5.32 Å². The maximum Gasteiger partial charge on any atom is 0.0950 e. The van der Waals surface area contributed by atoms with Crippen molar-refractivity contribution in [2.45, 2.75) is 24.4 Å². The van der Waals surface area contributed by atoms with Gasteiger partial charge >= 0.3 is 0 Å². The Labute approximate surface area is 161 Å². The fraction of sp³-hybridized carbons (Fsp3) is 0.250. The third kappa shape index (κ3) is 4.28. The molecule has 3 aromatic carbocycles. The number of benzene rings is 3. The van der Waals surface area contributed by atoms with Crippen LogP contribution in [0.2, 0.25) is 0 Å². The van der Waals surface area contributed by atoms with E-state index in [1.165, 1.54) is 0 Å². The SMILES string of the molecule is OCCCC(CO)NC(c1ccccc1)(c1ccccc1)c1ccccc1. The first-order valence-corrected chi connectivity index (χ1v) is 9.47. The summed E-state index contributed by atoms with van der Waals surface area (Å²) in [6.45, 7) is 0.126. The molecule has 0 aliphatic carbocycles. The molecule has 0 saturated carbocycles. The average molecular weight is 361 g/mol. The molecule has 0 aliphatic rings. The molecule has 0 radical (unpaired) electrons. The van der Waals surface area contributed by atoms with Crippen molar-refractivity contribution in [1.82, 2.24) is 5.32 Å². The van der Waals surface area contributed by atoms with Gasteiger partial charge in [-0.2, -0.15) is 0 Å². The summed E-state index contributed by atoms with van der Waals surface area (Å²) in [6, 6.07) is 30.9. The fourth-order valence-corrected chi connectivity index (χ4v) is 3.67. The van der Waals surface area contributed by atoms with Gasteiger partial charge in [0, 0.05) is 12.6 Å². The van der Waals surface area contributed by atoms with Crippen molar-refractivity contribution in [3.05, 3.63) is 108 Å². The van der Waals surface area contributed by atoms with E-state index in [4.69, 9.17) is 0 Å². The van der Waals surface area contributed by atoms with Crippen LogP contribution in [0.3, 0.4) is 0 Å². The van der Waals surface area contributed by atoms with Crippen LogP contribution in [0.25, 0.3) is 0 Å². The first-order chi connectivity index (χ1) is 13.3. The van der Waals surface area contributed by atoms with E-state index in [0.29, 0.717) is 12.8 Å². The van der Waals surface area contributed by atoms with Crippen LogP contribution in [0.1, 0.15) is 29.5 Å². The summed E-state index contributed by atoms with van der Waals surface area (Å²) in [7, 11) is 0. The monoisotopic (exact) mass is 361 g/mol. The summed E-state index contributed by atoms with van der Waals surface area (Å²) >= 11 is 0. The van der Waals surface area contributed by atoms with Crippen LogP contribution in [0.4, 0.5) is 0 Å². The molecule has 3 rings (SSSR count). The molecule has 0 bridgehead atoms.